The highest BCUT2D eigenvalue weighted by Crippen LogP contribution is 2.40. The van der Waals surface area contributed by atoms with Gasteiger partial charge in [0.1, 0.15) is 0 Å². The fourth-order valence-electron chi connectivity index (χ4n) is 2.35. The van der Waals surface area contributed by atoms with E-state index in [4.69, 9.17) is 4.74 Å². The van der Waals surface area contributed by atoms with Crippen LogP contribution < -0.4 is 10.1 Å². The van der Waals surface area contributed by atoms with Gasteiger partial charge < -0.3 is 10.1 Å². The summed E-state index contributed by atoms with van der Waals surface area (Å²) in [6.45, 7) is 0.701. The summed E-state index contributed by atoms with van der Waals surface area (Å²) in [6.07, 6.45) is 2.61. The first-order valence-corrected chi connectivity index (χ1v) is 6.92. The Hall–Kier alpha value is -2.03. The molecule has 0 amide bonds. The highest BCUT2D eigenvalue weighted by atomic mass is 19.1. The molecule has 2 aromatic carbocycles. The SMILES string of the molecule is COc1ccc(NCc2cccc(C3CC3)c2)cc1F. The van der Waals surface area contributed by atoms with Crippen molar-refractivity contribution < 1.29 is 9.13 Å². The second-order valence-corrected chi connectivity index (χ2v) is 5.22. The smallest absolute Gasteiger partial charge is 0.167 e. The second kappa shape index (κ2) is 5.53. The number of anilines is 1. The first-order chi connectivity index (χ1) is 9.76. The molecule has 2 nitrogen and oxygen atoms in total. The van der Waals surface area contributed by atoms with Gasteiger partial charge in [0.15, 0.2) is 11.6 Å². The van der Waals surface area contributed by atoms with Crippen molar-refractivity contribution in [2.45, 2.75) is 25.3 Å². The van der Waals surface area contributed by atoms with Crippen LogP contribution in [0.25, 0.3) is 0 Å². The zero-order valence-electron chi connectivity index (χ0n) is 11.5. The van der Waals surface area contributed by atoms with Crippen LogP contribution in [0.15, 0.2) is 42.5 Å². The second-order valence-electron chi connectivity index (χ2n) is 5.22. The molecule has 1 fully saturated rings. The average Bonchev–Trinajstić information content (AvgIpc) is 3.30. The van der Waals surface area contributed by atoms with Crippen molar-refractivity contribution in [2.24, 2.45) is 0 Å². The molecule has 1 N–H and O–H groups in total. The molecule has 3 heteroatoms. The summed E-state index contributed by atoms with van der Waals surface area (Å²) < 4.78 is 18.5. The van der Waals surface area contributed by atoms with Crippen LogP contribution in [0.3, 0.4) is 0 Å². The number of benzene rings is 2. The minimum Gasteiger partial charge on any atom is -0.494 e. The van der Waals surface area contributed by atoms with E-state index in [0.717, 1.165) is 11.6 Å². The Morgan fingerprint density at radius 1 is 1.20 bits per heavy atom. The number of halogens is 1. The van der Waals surface area contributed by atoms with E-state index in [-0.39, 0.29) is 11.6 Å². The van der Waals surface area contributed by atoms with Crippen molar-refractivity contribution in [3.63, 3.8) is 0 Å². The van der Waals surface area contributed by atoms with E-state index in [1.807, 2.05) is 6.07 Å². The largest absolute Gasteiger partial charge is 0.494 e. The van der Waals surface area contributed by atoms with Gasteiger partial charge in [0.2, 0.25) is 0 Å². The molecule has 3 rings (SSSR count). The van der Waals surface area contributed by atoms with Crippen LogP contribution in [0.1, 0.15) is 29.9 Å². The van der Waals surface area contributed by atoms with E-state index in [2.05, 4.69) is 29.6 Å². The highest BCUT2D eigenvalue weighted by molar-refractivity contribution is 5.48. The molecule has 20 heavy (non-hydrogen) atoms. The lowest BCUT2D eigenvalue weighted by molar-refractivity contribution is 0.386. The highest BCUT2D eigenvalue weighted by Gasteiger charge is 2.23. The Morgan fingerprint density at radius 3 is 2.75 bits per heavy atom. The molecule has 1 saturated carbocycles. The lowest BCUT2D eigenvalue weighted by atomic mass is 10.1. The summed E-state index contributed by atoms with van der Waals surface area (Å²) in [4.78, 5) is 0. The van der Waals surface area contributed by atoms with E-state index in [1.54, 1.807) is 6.07 Å². The van der Waals surface area contributed by atoms with Crippen LogP contribution in [0, 0.1) is 5.82 Å². The maximum Gasteiger partial charge on any atom is 0.167 e. The van der Waals surface area contributed by atoms with Gasteiger partial charge in [-0.2, -0.15) is 0 Å². The van der Waals surface area contributed by atoms with E-state index in [1.165, 1.54) is 37.1 Å². The lowest BCUT2D eigenvalue weighted by Crippen LogP contribution is -2.00. The van der Waals surface area contributed by atoms with Gasteiger partial charge in [-0.15, -0.1) is 0 Å². The van der Waals surface area contributed by atoms with Crippen molar-refractivity contribution >= 4 is 5.69 Å². The average molecular weight is 271 g/mol. The summed E-state index contributed by atoms with van der Waals surface area (Å²) >= 11 is 0. The molecule has 0 atom stereocenters. The number of hydrogen-bond acceptors (Lipinski definition) is 2. The van der Waals surface area contributed by atoms with Crippen molar-refractivity contribution in [3.05, 3.63) is 59.4 Å². The number of ether oxygens (including phenoxy) is 1. The third-order valence-electron chi connectivity index (χ3n) is 3.65. The summed E-state index contributed by atoms with van der Waals surface area (Å²) in [5.41, 5.74) is 3.41. The topological polar surface area (TPSA) is 21.3 Å². The van der Waals surface area contributed by atoms with Crippen molar-refractivity contribution in [3.8, 4) is 5.75 Å². The Morgan fingerprint density at radius 2 is 2.05 bits per heavy atom. The first-order valence-electron chi connectivity index (χ1n) is 6.92. The molecule has 1 aliphatic carbocycles. The summed E-state index contributed by atoms with van der Waals surface area (Å²) in [6, 6.07) is 13.5. The molecule has 0 saturated heterocycles. The predicted molar refractivity (Wildman–Crippen MR) is 78.7 cm³/mol. The predicted octanol–water partition coefficient (Wildman–Crippen LogP) is 4.32. The first kappa shape index (κ1) is 13.0. The summed E-state index contributed by atoms with van der Waals surface area (Å²) in [5.74, 6) is 0.684. The zero-order valence-corrected chi connectivity index (χ0v) is 11.5. The van der Waals surface area contributed by atoms with E-state index in [0.29, 0.717) is 6.54 Å². The Kier molecular flexibility index (Phi) is 3.59. The molecule has 0 unspecified atom stereocenters. The number of methoxy groups -OCH3 is 1. The molecule has 0 heterocycles. The van der Waals surface area contributed by atoms with Crippen molar-refractivity contribution in [2.75, 3.05) is 12.4 Å². The van der Waals surface area contributed by atoms with Gasteiger partial charge in [-0.3, -0.25) is 0 Å². The third-order valence-corrected chi connectivity index (χ3v) is 3.65. The standard InChI is InChI=1S/C17H18FNO/c1-20-17-8-7-15(10-16(17)18)19-11-12-3-2-4-14(9-12)13-5-6-13/h2-4,7-10,13,19H,5-6,11H2,1H3. The Bertz CT molecular complexity index is 608. The molecule has 0 spiro atoms. The molecule has 2 aromatic rings. The fourth-order valence-corrected chi connectivity index (χ4v) is 2.35. The zero-order chi connectivity index (χ0) is 13.9. The van der Waals surface area contributed by atoms with E-state index < -0.39 is 0 Å². The minimum atomic E-state index is -0.343. The molecule has 0 bridgehead atoms. The minimum absolute atomic E-state index is 0.270. The lowest BCUT2D eigenvalue weighted by Gasteiger charge is -2.09. The van der Waals surface area contributed by atoms with Gasteiger partial charge in [0.25, 0.3) is 0 Å². The van der Waals surface area contributed by atoms with Gasteiger partial charge in [-0.25, -0.2) is 4.39 Å². The van der Waals surface area contributed by atoms with Gasteiger partial charge in [-0.1, -0.05) is 24.3 Å². The number of hydrogen-bond donors (Lipinski definition) is 1. The Balaban J connectivity index is 1.66. The van der Waals surface area contributed by atoms with E-state index in [9.17, 15) is 4.39 Å². The van der Waals surface area contributed by atoms with Gasteiger partial charge >= 0.3 is 0 Å². The molecule has 0 aromatic heterocycles. The molecular formula is C17H18FNO. The van der Waals surface area contributed by atoms with Gasteiger partial charge in [0, 0.05) is 18.3 Å². The van der Waals surface area contributed by atoms with Crippen LogP contribution >= 0.6 is 0 Å². The normalized spacial score (nSPS) is 14.1. The van der Waals surface area contributed by atoms with Crippen LogP contribution in [-0.4, -0.2) is 7.11 Å². The van der Waals surface area contributed by atoms with Crippen LogP contribution in [0.4, 0.5) is 10.1 Å². The fraction of sp³-hybridized carbons (Fsp3) is 0.294. The van der Waals surface area contributed by atoms with Crippen LogP contribution in [-0.2, 0) is 6.54 Å². The van der Waals surface area contributed by atoms with E-state index >= 15 is 0 Å². The number of rotatable bonds is 5. The van der Waals surface area contributed by atoms with Gasteiger partial charge in [0.05, 0.1) is 7.11 Å². The number of nitrogens with one attached hydrogen (secondary N) is 1. The Labute approximate surface area is 118 Å². The monoisotopic (exact) mass is 271 g/mol. The molecular weight excluding hydrogens is 253 g/mol. The van der Waals surface area contributed by atoms with Crippen molar-refractivity contribution in [1.29, 1.82) is 0 Å². The molecule has 104 valence electrons. The maximum absolute atomic E-state index is 13.6. The quantitative estimate of drug-likeness (QED) is 0.874. The molecule has 0 aliphatic heterocycles. The molecule has 1 aliphatic rings. The maximum atomic E-state index is 13.6. The van der Waals surface area contributed by atoms with Gasteiger partial charge in [-0.05, 0) is 42.0 Å². The van der Waals surface area contributed by atoms with Crippen LogP contribution in [0.2, 0.25) is 0 Å². The summed E-state index contributed by atoms with van der Waals surface area (Å²) in [5, 5.41) is 3.24. The van der Waals surface area contributed by atoms with Crippen LogP contribution in [0.5, 0.6) is 5.75 Å². The van der Waals surface area contributed by atoms with Crippen molar-refractivity contribution in [1.82, 2.24) is 0 Å². The summed E-state index contributed by atoms with van der Waals surface area (Å²) in [7, 11) is 1.47. The third kappa shape index (κ3) is 2.93. The molecule has 0 radical (unpaired) electrons.